The van der Waals surface area contributed by atoms with Gasteiger partial charge in [0.2, 0.25) is 0 Å². The number of likely N-dealkylation sites (tertiary alicyclic amines) is 1. The minimum absolute atomic E-state index is 0.00679. The molecule has 0 bridgehead atoms. The molecule has 1 aromatic heterocycles. The Bertz CT molecular complexity index is 390. The van der Waals surface area contributed by atoms with Gasteiger partial charge >= 0.3 is 0 Å². The molecule has 0 aromatic carbocycles. The SMILES string of the molecule is CCN(CC)C(=O)c1ccc(CN2CCCC2)o1. The highest BCUT2D eigenvalue weighted by Crippen LogP contribution is 2.16. The van der Waals surface area contributed by atoms with Crippen LogP contribution in [0.3, 0.4) is 0 Å². The Hall–Kier alpha value is -1.29. The molecule has 1 aliphatic rings. The summed E-state index contributed by atoms with van der Waals surface area (Å²) in [7, 11) is 0. The summed E-state index contributed by atoms with van der Waals surface area (Å²) in [5, 5.41) is 0. The Morgan fingerprint density at radius 3 is 2.56 bits per heavy atom. The van der Waals surface area contributed by atoms with Crippen LogP contribution in [0.5, 0.6) is 0 Å². The van der Waals surface area contributed by atoms with Crippen molar-refractivity contribution in [1.82, 2.24) is 9.80 Å². The average Bonchev–Trinajstić information content (AvgIpc) is 3.02. The molecule has 4 heteroatoms. The Kier molecular flexibility index (Phi) is 4.42. The van der Waals surface area contributed by atoms with Crippen LogP contribution in [0, 0.1) is 0 Å². The summed E-state index contributed by atoms with van der Waals surface area (Å²) in [6, 6.07) is 3.72. The first-order valence-electron chi connectivity index (χ1n) is 6.85. The van der Waals surface area contributed by atoms with Crippen LogP contribution in [-0.2, 0) is 6.54 Å². The molecule has 0 atom stereocenters. The van der Waals surface area contributed by atoms with Crippen LogP contribution < -0.4 is 0 Å². The van der Waals surface area contributed by atoms with Gasteiger partial charge in [-0.2, -0.15) is 0 Å². The third-order valence-electron chi connectivity index (χ3n) is 3.50. The number of nitrogens with zero attached hydrogens (tertiary/aromatic N) is 2. The van der Waals surface area contributed by atoms with E-state index in [0.717, 1.165) is 38.5 Å². The van der Waals surface area contributed by atoms with E-state index in [4.69, 9.17) is 4.42 Å². The molecule has 1 saturated heterocycles. The highest BCUT2D eigenvalue weighted by Gasteiger charge is 2.18. The number of amides is 1. The summed E-state index contributed by atoms with van der Waals surface area (Å²) in [6.07, 6.45) is 2.54. The number of carbonyl (C=O) groups is 1. The van der Waals surface area contributed by atoms with Crippen LogP contribution in [0.1, 0.15) is 43.0 Å². The van der Waals surface area contributed by atoms with Crippen molar-refractivity contribution in [1.29, 1.82) is 0 Å². The maximum atomic E-state index is 12.1. The second-order valence-corrected chi connectivity index (χ2v) is 4.73. The quantitative estimate of drug-likeness (QED) is 0.805. The topological polar surface area (TPSA) is 36.7 Å². The Labute approximate surface area is 109 Å². The normalized spacial score (nSPS) is 16.1. The van der Waals surface area contributed by atoms with Gasteiger partial charge in [-0.05, 0) is 51.9 Å². The number of carbonyl (C=O) groups excluding carboxylic acids is 1. The van der Waals surface area contributed by atoms with Gasteiger partial charge < -0.3 is 9.32 Å². The lowest BCUT2D eigenvalue weighted by molar-refractivity contribution is 0.0737. The van der Waals surface area contributed by atoms with Crippen molar-refractivity contribution in [3.63, 3.8) is 0 Å². The van der Waals surface area contributed by atoms with Crippen LogP contribution in [0.2, 0.25) is 0 Å². The molecule has 0 N–H and O–H groups in total. The number of hydrogen-bond acceptors (Lipinski definition) is 3. The molecule has 1 amide bonds. The van der Waals surface area contributed by atoms with Gasteiger partial charge in [0.05, 0.1) is 6.54 Å². The maximum absolute atomic E-state index is 12.1. The van der Waals surface area contributed by atoms with E-state index in [9.17, 15) is 4.79 Å². The fraction of sp³-hybridized carbons (Fsp3) is 0.643. The molecule has 0 aliphatic carbocycles. The van der Waals surface area contributed by atoms with Gasteiger partial charge in [0, 0.05) is 13.1 Å². The zero-order chi connectivity index (χ0) is 13.0. The third kappa shape index (κ3) is 2.93. The van der Waals surface area contributed by atoms with Crippen LogP contribution >= 0.6 is 0 Å². The van der Waals surface area contributed by atoms with Gasteiger partial charge in [-0.1, -0.05) is 0 Å². The summed E-state index contributed by atoms with van der Waals surface area (Å²) in [4.78, 5) is 16.2. The first-order valence-corrected chi connectivity index (χ1v) is 6.85. The van der Waals surface area contributed by atoms with E-state index >= 15 is 0 Å². The molecule has 0 radical (unpaired) electrons. The average molecular weight is 250 g/mol. The fourth-order valence-electron chi connectivity index (χ4n) is 2.41. The number of rotatable bonds is 5. The van der Waals surface area contributed by atoms with Gasteiger partial charge in [0.1, 0.15) is 5.76 Å². The third-order valence-corrected chi connectivity index (χ3v) is 3.50. The lowest BCUT2D eigenvalue weighted by Crippen LogP contribution is -2.30. The summed E-state index contributed by atoms with van der Waals surface area (Å²) in [5.41, 5.74) is 0. The van der Waals surface area contributed by atoms with Crippen LogP contribution in [0.25, 0.3) is 0 Å². The van der Waals surface area contributed by atoms with Crippen molar-refractivity contribution < 1.29 is 9.21 Å². The maximum Gasteiger partial charge on any atom is 0.289 e. The Balaban J connectivity index is 1.98. The van der Waals surface area contributed by atoms with E-state index < -0.39 is 0 Å². The minimum Gasteiger partial charge on any atom is -0.455 e. The second kappa shape index (κ2) is 6.05. The summed E-state index contributed by atoms with van der Waals surface area (Å²) in [6.45, 7) is 8.51. The lowest BCUT2D eigenvalue weighted by Gasteiger charge is -2.16. The molecule has 100 valence electrons. The first kappa shape index (κ1) is 13.1. The van der Waals surface area contributed by atoms with Crippen LogP contribution in [0.15, 0.2) is 16.5 Å². The van der Waals surface area contributed by atoms with E-state index in [0.29, 0.717) is 5.76 Å². The monoisotopic (exact) mass is 250 g/mol. The zero-order valence-electron chi connectivity index (χ0n) is 11.3. The van der Waals surface area contributed by atoms with E-state index in [2.05, 4.69) is 4.90 Å². The van der Waals surface area contributed by atoms with E-state index in [1.54, 1.807) is 11.0 Å². The second-order valence-electron chi connectivity index (χ2n) is 4.73. The molecular weight excluding hydrogens is 228 g/mol. The zero-order valence-corrected chi connectivity index (χ0v) is 11.3. The molecule has 1 aliphatic heterocycles. The van der Waals surface area contributed by atoms with Gasteiger partial charge in [-0.15, -0.1) is 0 Å². The molecule has 2 heterocycles. The molecule has 18 heavy (non-hydrogen) atoms. The molecular formula is C14H22N2O2. The molecule has 0 spiro atoms. The minimum atomic E-state index is -0.00679. The van der Waals surface area contributed by atoms with Crippen molar-refractivity contribution in [3.05, 3.63) is 23.7 Å². The molecule has 1 aromatic rings. The molecule has 0 unspecified atom stereocenters. The predicted octanol–water partition coefficient (Wildman–Crippen LogP) is 2.36. The van der Waals surface area contributed by atoms with Crippen molar-refractivity contribution >= 4 is 5.91 Å². The summed E-state index contributed by atoms with van der Waals surface area (Å²) in [5.74, 6) is 1.35. The van der Waals surface area contributed by atoms with Gasteiger partial charge in [-0.3, -0.25) is 9.69 Å². The molecule has 2 rings (SSSR count). The Morgan fingerprint density at radius 1 is 1.28 bits per heavy atom. The van der Waals surface area contributed by atoms with E-state index in [1.165, 1.54) is 12.8 Å². The fourth-order valence-corrected chi connectivity index (χ4v) is 2.41. The lowest BCUT2D eigenvalue weighted by atomic mass is 10.3. The van der Waals surface area contributed by atoms with Crippen molar-refractivity contribution in [2.24, 2.45) is 0 Å². The van der Waals surface area contributed by atoms with E-state index in [1.807, 2.05) is 19.9 Å². The van der Waals surface area contributed by atoms with Crippen LogP contribution in [0.4, 0.5) is 0 Å². The van der Waals surface area contributed by atoms with Gasteiger partial charge in [0.15, 0.2) is 5.76 Å². The molecule has 1 fully saturated rings. The predicted molar refractivity (Wildman–Crippen MR) is 70.5 cm³/mol. The number of furan rings is 1. The van der Waals surface area contributed by atoms with Gasteiger partial charge in [-0.25, -0.2) is 0 Å². The highest BCUT2D eigenvalue weighted by atomic mass is 16.4. The standard InChI is InChI=1S/C14H22N2O2/c1-3-16(4-2)14(17)13-8-7-12(18-13)11-15-9-5-6-10-15/h7-8H,3-6,9-11H2,1-2H3. The van der Waals surface area contributed by atoms with Crippen molar-refractivity contribution in [2.75, 3.05) is 26.2 Å². The van der Waals surface area contributed by atoms with Crippen molar-refractivity contribution in [3.8, 4) is 0 Å². The van der Waals surface area contributed by atoms with Gasteiger partial charge in [0.25, 0.3) is 5.91 Å². The van der Waals surface area contributed by atoms with Crippen LogP contribution in [-0.4, -0.2) is 41.9 Å². The smallest absolute Gasteiger partial charge is 0.289 e. The van der Waals surface area contributed by atoms with Crippen molar-refractivity contribution in [2.45, 2.75) is 33.2 Å². The largest absolute Gasteiger partial charge is 0.455 e. The molecule has 4 nitrogen and oxygen atoms in total. The Morgan fingerprint density at radius 2 is 1.94 bits per heavy atom. The number of hydrogen-bond donors (Lipinski definition) is 0. The first-order chi connectivity index (χ1) is 8.74. The van der Waals surface area contributed by atoms with E-state index in [-0.39, 0.29) is 5.91 Å². The molecule has 0 saturated carbocycles. The summed E-state index contributed by atoms with van der Waals surface area (Å²) >= 11 is 0. The highest BCUT2D eigenvalue weighted by molar-refractivity contribution is 5.91. The summed E-state index contributed by atoms with van der Waals surface area (Å²) < 4.78 is 5.66.